The van der Waals surface area contributed by atoms with E-state index >= 15 is 0 Å². The molecule has 92 valence electrons. The van der Waals surface area contributed by atoms with Gasteiger partial charge in [0.25, 0.3) is 11.7 Å². The maximum Gasteiger partial charge on any atom is 0.326 e. The molecular weight excluding hydrogens is 234 g/mol. The highest BCUT2D eigenvalue weighted by atomic mass is 16.5. The average molecular weight is 243 g/mol. The number of amides is 1. The smallest absolute Gasteiger partial charge is 0.326 e. The van der Waals surface area contributed by atoms with E-state index in [1.54, 1.807) is 0 Å². The highest BCUT2D eigenvalue weighted by Crippen LogP contribution is 1.98. The molecule has 3 N–H and O–H groups in total. The zero-order valence-corrected chi connectivity index (χ0v) is 8.71. The SMILES string of the molecule is Cc1nc(C(=O)NC(CC(=O)O)C(=O)O)no1. The zero-order valence-electron chi connectivity index (χ0n) is 8.71. The minimum absolute atomic E-state index is 0.139. The number of rotatable bonds is 5. The van der Waals surface area contributed by atoms with E-state index < -0.39 is 30.3 Å². The Balaban J connectivity index is 2.70. The van der Waals surface area contributed by atoms with E-state index in [0.29, 0.717) is 0 Å². The van der Waals surface area contributed by atoms with Crippen LogP contribution < -0.4 is 5.32 Å². The molecule has 0 aliphatic carbocycles. The second-order valence-electron chi connectivity index (χ2n) is 3.10. The summed E-state index contributed by atoms with van der Waals surface area (Å²) in [5.41, 5.74) is 0. The van der Waals surface area contributed by atoms with Gasteiger partial charge >= 0.3 is 11.9 Å². The number of hydrogen-bond donors (Lipinski definition) is 3. The molecular formula is C8H9N3O6. The molecule has 1 atom stereocenters. The number of carboxylic acid groups (broad SMARTS) is 2. The van der Waals surface area contributed by atoms with Gasteiger partial charge in [-0.1, -0.05) is 5.16 Å². The van der Waals surface area contributed by atoms with Crippen molar-refractivity contribution in [2.75, 3.05) is 0 Å². The van der Waals surface area contributed by atoms with Gasteiger partial charge in [0, 0.05) is 6.92 Å². The normalized spacial score (nSPS) is 11.8. The highest BCUT2D eigenvalue weighted by molar-refractivity contribution is 5.94. The molecule has 1 aromatic heterocycles. The first-order valence-electron chi connectivity index (χ1n) is 4.46. The predicted octanol–water partition coefficient (Wildman–Crippen LogP) is -0.964. The molecule has 0 saturated carbocycles. The van der Waals surface area contributed by atoms with Gasteiger partial charge in [-0.3, -0.25) is 9.59 Å². The Labute approximate surface area is 94.4 Å². The monoisotopic (exact) mass is 243 g/mol. The van der Waals surface area contributed by atoms with Gasteiger partial charge in [0.2, 0.25) is 5.89 Å². The summed E-state index contributed by atoms with van der Waals surface area (Å²) in [7, 11) is 0. The van der Waals surface area contributed by atoms with Crippen LogP contribution in [-0.2, 0) is 9.59 Å². The van der Waals surface area contributed by atoms with Crippen LogP contribution in [0.4, 0.5) is 0 Å². The topological polar surface area (TPSA) is 143 Å². The lowest BCUT2D eigenvalue weighted by Gasteiger charge is -2.10. The Morgan fingerprint density at radius 3 is 2.47 bits per heavy atom. The Morgan fingerprint density at radius 1 is 1.41 bits per heavy atom. The van der Waals surface area contributed by atoms with Gasteiger partial charge in [0.1, 0.15) is 6.04 Å². The molecule has 0 radical (unpaired) electrons. The summed E-state index contributed by atoms with van der Waals surface area (Å²) in [5, 5.41) is 22.4. The lowest BCUT2D eigenvalue weighted by atomic mass is 10.2. The number of aliphatic carboxylic acids is 2. The van der Waals surface area contributed by atoms with Gasteiger partial charge in [-0.2, -0.15) is 4.98 Å². The number of carbonyl (C=O) groups excluding carboxylic acids is 1. The van der Waals surface area contributed by atoms with Crippen molar-refractivity contribution < 1.29 is 29.1 Å². The van der Waals surface area contributed by atoms with Crippen molar-refractivity contribution in [1.29, 1.82) is 0 Å². The predicted molar refractivity (Wildman–Crippen MR) is 50.2 cm³/mol. The first kappa shape index (κ1) is 12.6. The lowest BCUT2D eigenvalue weighted by Crippen LogP contribution is -2.42. The molecule has 1 unspecified atom stereocenters. The second-order valence-corrected chi connectivity index (χ2v) is 3.10. The Bertz CT molecular complexity index is 454. The summed E-state index contributed by atoms with van der Waals surface area (Å²) in [4.78, 5) is 36.0. The van der Waals surface area contributed by atoms with Crippen molar-refractivity contribution >= 4 is 17.8 Å². The quantitative estimate of drug-likeness (QED) is 0.599. The van der Waals surface area contributed by atoms with Crippen molar-refractivity contribution in [1.82, 2.24) is 15.5 Å². The highest BCUT2D eigenvalue weighted by Gasteiger charge is 2.25. The Morgan fingerprint density at radius 2 is 2.06 bits per heavy atom. The second kappa shape index (κ2) is 5.05. The van der Waals surface area contributed by atoms with Crippen LogP contribution in [0, 0.1) is 6.92 Å². The Hall–Kier alpha value is -2.45. The van der Waals surface area contributed by atoms with E-state index in [0.717, 1.165) is 0 Å². The molecule has 0 aromatic carbocycles. The maximum absolute atomic E-state index is 11.4. The van der Waals surface area contributed by atoms with Gasteiger partial charge in [-0.25, -0.2) is 4.79 Å². The van der Waals surface area contributed by atoms with Crippen LogP contribution in [0.5, 0.6) is 0 Å². The number of aromatic nitrogens is 2. The van der Waals surface area contributed by atoms with Crippen molar-refractivity contribution in [3.63, 3.8) is 0 Å². The molecule has 9 nitrogen and oxygen atoms in total. The molecule has 17 heavy (non-hydrogen) atoms. The number of carbonyl (C=O) groups is 3. The molecule has 0 spiro atoms. The van der Waals surface area contributed by atoms with Crippen LogP contribution in [0.25, 0.3) is 0 Å². The lowest BCUT2D eigenvalue weighted by molar-refractivity contribution is -0.145. The molecule has 1 heterocycles. The minimum atomic E-state index is -1.54. The third-order valence-electron chi connectivity index (χ3n) is 1.71. The molecule has 1 amide bonds. The first-order chi connectivity index (χ1) is 7.90. The van der Waals surface area contributed by atoms with E-state index in [9.17, 15) is 14.4 Å². The van der Waals surface area contributed by atoms with E-state index in [4.69, 9.17) is 10.2 Å². The molecule has 0 saturated heterocycles. The summed E-state index contributed by atoms with van der Waals surface area (Å²) in [6.07, 6.45) is -0.738. The maximum atomic E-state index is 11.4. The van der Waals surface area contributed by atoms with Gasteiger partial charge in [-0.15, -0.1) is 0 Å². The van der Waals surface area contributed by atoms with Gasteiger partial charge in [0.05, 0.1) is 6.42 Å². The van der Waals surface area contributed by atoms with E-state index in [1.807, 2.05) is 5.32 Å². The van der Waals surface area contributed by atoms with Crippen LogP contribution in [0.1, 0.15) is 22.9 Å². The number of aryl methyl sites for hydroxylation is 1. The molecule has 0 aliphatic heterocycles. The van der Waals surface area contributed by atoms with Gasteiger partial charge in [0.15, 0.2) is 0 Å². The minimum Gasteiger partial charge on any atom is -0.481 e. The van der Waals surface area contributed by atoms with Crippen molar-refractivity contribution in [2.24, 2.45) is 0 Å². The summed E-state index contributed by atoms with van der Waals surface area (Å²) in [6, 6.07) is -1.54. The van der Waals surface area contributed by atoms with Crippen LogP contribution in [0.15, 0.2) is 4.52 Å². The zero-order chi connectivity index (χ0) is 13.0. The number of nitrogens with one attached hydrogen (secondary N) is 1. The van der Waals surface area contributed by atoms with Crippen LogP contribution in [0.2, 0.25) is 0 Å². The van der Waals surface area contributed by atoms with E-state index in [-0.39, 0.29) is 11.7 Å². The molecule has 0 bridgehead atoms. The Kier molecular flexibility index (Phi) is 3.75. The van der Waals surface area contributed by atoms with Crippen molar-refractivity contribution in [3.05, 3.63) is 11.7 Å². The van der Waals surface area contributed by atoms with E-state index in [1.165, 1.54) is 6.92 Å². The average Bonchev–Trinajstić information content (AvgIpc) is 2.63. The molecule has 0 fully saturated rings. The fraction of sp³-hybridized carbons (Fsp3) is 0.375. The van der Waals surface area contributed by atoms with Crippen molar-refractivity contribution in [3.8, 4) is 0 Å². The largest absolute Gasteiger partial charge is 0.481 e. The molecule has 1 aromatic rings. The van der Waals surface area contributed by atoms with Crippen LogP contribution in [0.3, 0.4) is 0 Å². The molecule has 9 heteroatoms. The van der Waals surface area contributed by atoms with Crippen LogP contribution in [-0.4, -0.2) is 44.2 Å². The fourth-order valence-electron chi connectivity index (χ4n) is 0.989. The fourth-order valence-corrected chi connectivity index (χ4v) is 0.989. The standard InChI is InChI=1S/C8H9N3O6/c1-3-9-6(11-17-3)7(14)10-4(8(15)16)2-5(12)13/h4H,2H2,1H3,(H,10,14)(H,12,13)(H,15,16). The summed E-state index contributed by atoms with van der Waals surface area (Å²) >= 11 is 0. The number of nitrogens with zero attached hydrogens (tertiary/aromatic N) is 2. The van der Waals surface area contributed by atoms with E-state index in [2.05, 4.69) is 14.7 Å². The number of hydrogen-bond acceptors (Lipinski definition) is 6. The third kappa shape index (κ3) is 3.55. The first-order valence-corrected chi connectivity index (χ1v) is 4.46. The summed E-state index contributed by atoms with van der Waals surface area (Å²) in [5.74, 6) is -3.92. The third-order valence-corrected chi connectivity index (χ3v) is 1.71. The van der Waals surface area contributed by atoms with Crippen LogP contribution >= 0.6 is 0 Å². The van der Waals surface area contributed by atoms with Crippen molar-refractivity contribution in [2.45, 2.75) is 19.4 Å². The van der Waals surface area contributed by atoms with Gasteiger partial charge in [-0.05, 0) is 0 Å². The summed E-state index contributed by atoms with van der Waals surface area (Å²) in [6.45, 7) is 1.45. The van der Waals surface area contributed by atoms with Gasteiger partial charge < -0.3 is 20.1 Å². The summed E-state index contributed by atoms with van der Waals surface area (Å²) < 4.78 is 4.52. The molecule has 0 aliphatic rings. The molecule has 1 rings (SSSR count). The number of carboxylic acids is 2.